The second-order valence-electron chi connectivity index (χ2n) is 6.45. The van der Waals surface area contributed by atoms with Crippen LogP contribution in [0.5, 0.6) is 0 Å². The molecular weight excluding hydrogens is 170 g/mol. The summed E-state index contributed by atoms with van der Waals surface area (Å²) in [5.74, 6) is 2.60. The predicted octanol–water partition coefficient (Wildman–Crippen LogP) is 3.26. The largest absolute Gasteiger partial charge is 0.306 e. The van der Waals surface area contributed by atoms with Crippen LogP contribution in [0.2, 0.25) is 0 Å². The monoisotopic (exact) mass is 197 g/mol. The molecule has 1 aliphatic rings. The van der Waals surface area contributed by atoms with Gasteiger partial charge in [-0.05, 0) is 43.2 Å². The lowest BCUT2D eigenvalue weighted by atomic mass is 9.67. The number of likely N-dealkylation sites (tertiary alicyclic amines) is 1. The van der Waals surface area contributed by atoms with Crippen LogP contribution in [-0.4, -0.2) is 25.0 Å². The highest BCUT2D eigenvalue weighted by molar-refractivity contribution is 4.87. The molecule has 2 atom stereocenters. The van der Waals surface area contributed by atoms with Gasteiger partial charge in [0.15, 0.2) is 0 Å². The van der Waals surface area contributed by atoms with Gasteiger partial charge in [0, 0.05) is 6.54 Å². The summed E-state index contributed by atoms with van der Waals surface area (Å²) < 4.78 is 0. The zero-order valence-corrected chi connectivity index (χ0v) is 10.8. The lowest BCUT2D eigenvalue weighted by Crippen LogP contribution is -2.33. The number of hydrogen-bond acceptors (Lipinski definition) is 1. The fourth-order valence-electron chi connectivity index (χ4n) is 3.51. The molecule has 1 rings (SSSR count). The van der Waals surface area contributed by atoms with Gasteiger partial charge in [-0.15, -0.1) is 0 Å². The van der Waals surface area contributed by atoms with Gasteiger partial charge < -0.3 is 4.90 Å². The smallest absolute Gasteiger partial charge is 0.00100 e. The average Bonchev–Trinajstić information content (AvgIpc) is 2.31. The second kappa shape index (κ2) is 4.22. The third-order valence-corrected chi connectivity index (χ3v) is 3.65. The molecule has 0 amide bonds. The van der Waals surface area contributed by atoms with Crippen LogP contribution in [0.4, 0.5) is 0 Å². The molecule has 84 valence electrons. The molecule has 0 aromatic rings. The molecule has 1 heterocycles. The van der Waals surface area contributed by atoms with Crippen molar-refractivity contribution in [2.45, 2.75) is 41.0 Å². The third kappa shape index (κ3) is 2.73. The lowest BCUT2D eigenvalue weighted by Gasteiger charge is -2.38. The van der Waals surface area contributed by atoms with Crippen LogP contribution < -0.4 is 0 Å². The summed E-state index contributed by atoms with van der Waals surface area (Å²) in [5.41, 5.74) is 0.462. The van der Waals surface area contributed by atoms with E-state index in [0.717, 1.165) is 17.8 Å². The molecule has 0 N–H and O–H groups in total. The summed E-state index contributed by atoms with van der Waals surface area (Å²) in [6.45, 7) is 14.6. The third-order valence-electron chi connectivity index (χ3n) is 3.65. The van der Waals surface area contributed by atoms with E-state index in [4.69, 9.17) is 0 Å². The van der Waals surface area contributed by atoms with Gasteiger partial charge in [-0.2, -0.15) is 0 Å². The predicted molar refractivity (Wildman–Crippen MR) is 63.4 cm³/mol. The molecule has 1 saturated heterocycles. The first-order chi connectivity index (χ1) is 6.32. The SMILES string of the molecule is CC(C)[C@@H](C1CCN(C)C1)C(C)(C)C. The highest BCUT2D eigenvalue weighted by Crippen LogP contribution is 2.41. The van der Waals surface area contributed by atoms with Crippen LogP contribution in [0.25, 0.3) is 0 Å². The summed E-state index contributed by atoms with van der Waals surface area (Å²) in [4.78, 5) is 2.48. The minimum atomic E-state index is 0.462. The summed E-state index contributed by atoms with van der Waals surface area (Å²) in [6, 6.07) is 0. The number of nitrogens with zero attached hydrogens (tertiary/aromatic N) is 1. The summed E-state index contributed by atoms with van der Waals surface area (Å²) in [7, 11) is 2.25. The van der Waals surface area contributed by atoms with Crippen molar-refractivity contribution in [1.82, 2.24) is 4.90 Å². The quantitative estimate of drug-likeness (QED) is 0.657. The van der Waals surface area contributed by atoms with Crippen LogP contribution in [0, 0.1) is 23.2 Å². The van der Waals surface area contributed by atoms with E-state index in [0.29, 0.717) is 5.41 Å². The molecule has 1 nitrogen and oxygen atoms in total. The summed E-state index contributed by atoms with van der Waals surface area (Å²) in [5, 5.41) is 0. The Hall–Kier alpha value is -0.0400. The zero-order chi connectivity index (χ0) is 10.9. The normalized spacial score (nSPS) is 27.2. The molecule has 1 aliphatic heterocycles. The van der Waals surface area contributed by atoms with Gasteiger partial charge in [-0.3, -0.25) is 0 Å². The maximum Gasteiger partial charge on any atom is 0.00100 e. The first-order valence-electron chi connectivity index (χ1n) is 6.01. The van der Waals surface area contributed by atoms with Crippen molar-refractivity contribution < 1.29 is 0 Å². The minimum Gasteiger partial charge on any atom is -0.306 e. The van der Waals surface area contributed by atoms with Crippen molar-refractivity contribution in [1.29, 1.82) is 0 Å². The lowest BCUT2D eigenvalue weighted by molar-refractivity contribution is 0.109. The topological polar surface area (TPSA) is 3.24 Å². The van der Waals surface area contributed by atoms with Gasteiger partial charge in [-0.25, -0.2) is 0 Å². The number of hydrogen-bond donors (Lipinski definition) is 0. The molecule has 1 fully saturated rings. The maximum atomic E-state index is 2.48. The molecule has 0 saturated carbocycles. The van der Waals surface area contributed by atoms with E-state index in [2.05, 4.69) is 46.6 Å². The first kappa shape index (κ1) is 12.0. The Morgan fingerprint density at radius 2 is 1.79 bits per heavy atom. The Morgan fingerprint density at radius 1 is 1.21 bits per heavy atom. The summed E-state index contributed by atoms with van der Waals surface area (Å²) in [6.07, 6.45) is 1.40. The molecule has 0 bridgehead atoms. The van der Waals surface area contributed by atoms with Gasteiger partial charge >= 0.3 is 0 Å². The van der Waals surface area contributed by atoms with Crippen molar-refractivity contribution in [2.24, 2.45) is 23.2 Å². The molecule has 1 unspecified atom stereocenters. The van der Waals surface area contributed by atoms with E-state index < -0.39 is 0 Å². The minimum absolute atomic E-state index is 0.462. The van der Waals surface area contributed by atoms with E-state index >= 15 is 0 Å². The Balaban J connectivity index is 2.69. The van der Waals surface area contributed by atoms with Crippen LogP contribution in [0.1, 0.15) is 41.0 Å². The van der Waals surface area contributed by atoms with E-state index in [9.17, 15) is 0 Å². The first-order valence-corrected chi connectivity index (χ1v) is 6.01. The highest BCUT2D eigenvalue weighted by atomic mass is 15.1. The zero-order valence-electron chi connectivity index (χ0n) is 10.8. The number of rotatable bonds is 2. The molecular formula is C13H27N. The van der Waals surface area contributed by atoms with Crippen molar-refractivity contribution in [2.75, 3.05) is 20.1 Å². The van der Waals surface area contributed by atoms with E-state index in [1.54, 1.807) is 0 Å². The van der Waals surface area contributed by atoms with Gasteiger partial charge in [0.25, 0.3) is 0 Å². The van der Waals surface area contributed by atoms with E-state index in [1.165, 1.54) is 19.5 Å². The Labute approximate surface area is 89.9 Å². The van der Waals surface area contributed by atoms with E-state index in [-0.39, 0.29) is 0 Å². The molecule has 0 aromatic carbocycles. The maximum absolute atomic E-state index is 2.48. The molecule has 1 heteroatoms. The van der Waals surface area contributed by atoms with Crippen LogP contribution >= 0.6 is 0 Å². The van der Waals surface area contributed by atoms with Crippen molar-refractivity contribution in [3.63, 3.8) is 0 Å². The second-order valence-corrected chi connectivity index (χ2v) is 6.45. The fraction of sp³-hybridized carbons (Fsp3) is 1.00. The van der Waals surface area contributed by atoms with Crippen molar-refractivity contribution >= 4 is 0 Å². The summed E-state index contributed by atoms with van der Waals surface area (Å²) >= 11 is 0. The molecule has 14 heavy (non-hydrogen) atoms. The highest BCUT2D eigenvalue weighted by Gasteiger charge is 2.36. The van der Waals surface area contributed by atoms with Gasteiger partial charge in [0.1, 0.15) is 0 Å². The molecule has 0 aromatic heterocycles. The Bertz CT molecular complexity index is 178. The van der Waals surface area contributed by atoms with Crippen LogP contribution in [-0.2, 0) is 0 Å². The Kier molecular flexibility index (Phi) is 3.63. The molecule has 0 radical (unpaired) electrons. The van der Waals surface area contributed by atoms with Crippen molar-refractivity contribution in [3.05, 3.63) is 0 Å². The Morgan fingerprint density at radius 3 is 2.07 bits per heavy atom. The van der Waals surface area contributed by atoms with Crippen molar-refractivity contribution in [3.8, 4) is 0 Å². The van der Waals surface area contributed by atoms with Crippen LogP contribution in [0.3, 0.4) is 0 Å². The van der Waals surface area contributed by atoms with E-state index in [1.807, 2.05) is 0 Å². The van der Waals surface area contributed by atoms with Gasteiger partial charge in [0.05, 0.1) is 0 Å². The van der Waals surface area contributed by atoms with Crippen LogP contribution in [0.15, 0.2) is 0 Å². The molecule has 0 spiro atoms. The average molecular weight is 197 g/mol. The standard InChI is InChI=1S/C13H27N/c1-10(2)12(13(3,4)5)11-7-8-14(6)9-11/h10-12H,7-9H2,1-6H3/t11?,12-/m0/s1. The van der Waals surface area contributed by atoms with Gasteiger partial charge in [-0.1, -0.05) is 34.6 Å². The fourth-order valence-corrected chi connectivity index (χ4v) is 3.51. The molecule has 0 aliphatic carbocycles. The van der Waals surface area contributed by atoms with Gasteiger partial charge in [0.2, 0.25) is 0 Å².